The Hall–Kier alpha value is -1.59. The summed E-state index contributed by atoms with van der Waals surface area (Å²) in [4.78, 5) is 15.0. The van der Waals surface area contributed by atoms with Gasteiger partial charge in [0.05, 0.1) is 6.61 Å². The van der Waals surface area contributed by atoms with E-state index in [2.05, 4.69) is 22.3 Å². The number of amides is 1. The lowest BCUT2D eigenvalue weighted by molar-refractivity contribution is -0.122. The van der Waals surface area contributed by atoms with Crippen molar-refractivity contribution in [1.29, 1.82) is 0 Å². The van der Waals surface area contributed by atoms with Gasteiger partial charge in [0, 0.05) is 35.1 Å². The number of aliphatic hydroxyl groups is 1. The number of nitrogens with zero attached hydrogens (tertiary/aromatic N) is 1. The SMILES string of the molecule is O=C(NCc1ccccc1CN1CCCC1CO)C1CC1c1ccc(Cl)cc1Cl. The van der Waals surface area contributed by atoms with Crippen molar-refractivity contribution in [3.8, 4) is 0 Å². The third kappa shape index (κ3) is 4.77. The van der Waals surface area contributed by atoms with E-state index >= 15 is 0 Å². The highest BCUT2D eigenvalue weighted by Crippen LogP contribution is 2.50. The van der Waals surface area contributed by atoms with Crippen LogP contribution in [0.1, 0.15) is 41.9 Å². The van der Waals surface area contributed by atoms with E-state index in [-0.39, 0.29) is 30.4 Å². The van der Waals surface area contributed by atoms with Crippen LogP contribution in [0.2, 0.25) is 10.0 Å². The van der Waals surface area contributed by atoms with Crippen LogP contribution >= 0.6 is 23.2 Å². The third-order valence-corrected chi connectivity index (χ3v) is 6.71. The van der Waals surface area contributed by atoms with E-state index in [1.54, 1.807) is 6.07 Å². The van der Waals surface area contributed by atoms with E-state index in [1.807, 2.05) is 24.3 Å². The summed E-state index contributed by atoms with van der Waals surface area (Å²) in [6, 6.07) is 13.9. The molecule has 1 aliphatic carbocycles. The number of benzene rings is 2. The molecule has 1 saturated heterocycles. The number of halogens is 2. The minimum absolute atomic E-state index is 0.0295. The summed E-state index contributed by atoms with van der Waals surface area (Å²) in [5, 5.41) is 13.9. The van der Waals surface area contributed by atoms with Crippen LogP contribution in [0.5, 0.6) is 0 Å². The van der Waals surface area contributed by atoms with E-state index in [9.17, 15) is 9.90 Å². The van der Waals surface area contributed by atoms with Gasteiger partial charge < -0.3 is 10.4 Å². The molecule has 1 amide bonds. The van der Waals surface area contributed by atoms with Crippen LogP contribution in [0.3, 0.4) is 0 Å². The van der Waals surface area contributed by atoms with Gasteiger partial charge in [0.25, 0.3) is 0 Å². The Morgan fingerprint density at radius 1 is 1.17 bits per heavy atom. The average molecular weight is 433 g/mol. The van der Waals surface area contributed by atoms with Crippen LogP contribution in [0.25, 0.3) is 0 Å². The van der Waals surface area contributed by atoms with E-state index in [0.717, 1.165) is 43.5 Å². The minimum atomic E-state index is -0.0295. The van der Waals surface area contributed by atoms with Gasteiger partial charge in [-0.2, -0.15) is 0 Å². The zero-order chi connectivity index (χ0) is 20.4. The quantitative estimate of drug-likeness (QED) is 0.682. The molecule has 2 fully saturated rings. The lowest BCUT2D eigenvalue weighted by Gasteiger charge is -2.24. The van der Waals surface area contributed by atoms with Crippen LogP contribution in [0.4, 0.5) is 0 Å². The van der Waals surface area contributed by atoms with Gasteiger partial charge in [0.2, 0.25) is 5.91 Å². The molecule has 4 nitrogen and oxygen atoms in total. The number of rotatable bonds is 7. The highest BCUT2D eigenvalue weighted by molar-refractivity contribution is 6.35. The second kappa shape index (κ2) is 9.05. The van der Waals surface area contributed by atoms with Crippen molar-refractivity contribution in [3.63, 3.8) is 0 Å². The monoisotopic (exact) mass is 432 g/mol. The number of aliphatic hydroxyl groups excluding tert-OH is 1. The largest absolute Gasteiger partial charge is 0.395 e. The summed E-state index contributed by atoms with van der Waals surface area (Å²) in [5.74, 6) is 0.216. The van der Waals surface area contributed by atoms with Crippen molar-refractivity contribution < 1.29 is 9.90 Å². The summed E-state index contributed by atoms with van der Waals surface area (Å²) >= 11 is 12.3. The Bertz CT molecular complexity index is 889. The highest BCUT2D eigenvalue weighted by Gasteiger charge is 2.44. The van der Waals surface area contributed by atoms with Crippen molar-refractivity contribution in [2.24, 2.45) is 5.92 Å². The maximum Gasteiger partial charge on any atom is 0.224 e. The minimum Gasteiger partial charge on any atom is -0.395 e. The Morgan fingerprint density at radius 2 is 1.97 bits per heavy atom. The molecule has 1 saturated carbocycles. The molecule has 29 heavy (non-hydrogen) atoms. The predicted molar refractivity (Wildman–Crippen MR) is 116 cm³/mol. The highest BCUT2D eigenvalue weighted by atomic mass is 35.5. The molecule has 2 N–H and O–H groups in total. The van der Waals surface area contributed by atoms with Gasteiger partial charge in [-0.3, -0.25) is 9.69 Å². The first-order chi connectivity index (χ1) is 14.1. The normalized spacial score (nSPS) is 23.9. The summed E-state index contributed by atoms with van der Waals surface area (Å²) in [6.07, 6.45) is 2.99. The lowest BCUT2D eigenvalue weighted by atomic mass is 10.1. The van der Waals surface area contributed by atoms with E-state index < -0.39 is 0 Å². The molecular weight excluding hydrogens is 407 g/mol. The van der Waals surface area contributed by atoms with Crippen molar-refractivity contribution in [1.82, 2.24) is 10.2 Å². The zero-order valence-corrected chi connectivity index (χ0v) is 17.8. The van der Waals surface area contributed by atoms with Gasteiger partial charge in [-0.25, -0.2) is 0 Å². The lowest BCUT2D eigenvalue weighted by Crippen LogP contribution is -2.32. The molecule has 6 heteroatoms. The molecular formula is C23H26Cl2N2O2. The van der Waals surface area contributed by atoms with Crippen LogP contribution in [-0.2, 0) is 17.9 Å². The molecule has 1 heterocycles. The number of nitrogens with one attached hydrogen (secondary N) is 1. The van der Waals surface area contributed by atoms with Crippen LogP contribution in [0.15, 0.2) is 42.5 Å². The first-order valence-corrected chi connectivity index (χ1v) is 11.0. The summed E-state index contributed by atoms with van der Waals surface area (Å²) < 4.78 is 0. The predicted octanol–water partition coefficient (Wildman–Crippen LogP) is 4.37. The molecule has 3 unspecified atom stereocenters. The fourth-order valence-electron chi connectivity index (χ4n) is 4.36. The molecule has 2 aliphatic rings. The standard InChI is InChI=1S/C23H26Cl2N2O2/c24-17-7-8-19(22(25)10-17)20-11-21(20)23(29)26-12-15-4-1-2-5-16(15)13-27-9-3-6-18(27)14-28/h1-2,4-5,7-8,10,18,20-21,28H,3,6,9,11-14H2,(H,26,29). The van der Waals surface area contributed by atoms with Gasteiger partial charge in [0.1, 0.15) is 0 Å². The molecule has 2 aromatic rings. The summed E-state index contributed by atoms with van der Waals surface area (Å²) in [6.45, 7) is 2.54. The van der Waals surface area contributed by atoms with Crippen LogP contribution in [0, 0.1) is 5.92 Å². The van der Waals surface area contributed by atoms with Crippen LogP contribution in [-0.4, -0.2) is 35.1 Å². The third-order valence-electron chi connectivity index (χ3n) is 6.14. The Morgan fingerprint density at radius 3 is 2.72 bits per heavy atom. The Kier molecular flexibility index (Phi) is 6.45. The Labute approximate surface area is 181 Å². The molecule has 3 atom stereocenters. The molecule has 4 rings (SSSR count). The van der Waals surface area contributed by atoms with Gasteiger partial charge in [0.15, 0.2) is 0 Å². The second-order valence-electron chi connectivity index (χ2n) is 8.05. The van der Waals surface area contributed by atoms with Gasteiger partial charge >= 0.3 is 0 Å². The molecule has 0 radical (unpaired) electrons. The number of hydrogen-bond donors (Lipinski definition) is 2. The van der Waals surface area contributed by atoms with E-state index in [4.69, 9.17) is 23.2 Å². The molecule has 0 aromatic heterocycles. The number of carbonyl (C=O) groups is 1. The van der Waals surface area contributed by atoms with Crippen molar-refractivity contribution in [3.05, 3.63) is 69.2 Å². The van der Waals surface area contributed by atoms with E-state index in [0.29, 0.717) is 16.6 Å². The van der Waals surface area contributed by atoms with Gasteiger partial charge in [-0.15, -0.1) is 0 Å². The van der Waals surface area contributed by atoms with Crippen molar-refractivity contribution >= 4 is 29.1 Å². The van der Waals surface area contributed by atoms with Crippen molar-refractivity contribution in [2.45, 2.75) is 44.3 Å². The Balaban J connectivity index is 1.35. The molecule has 2 aromatic carbocycles. The fraction of sp³-hybridized carbons (Fsp3) is 0.435. The molecule has 0 bridgehead atoms. The number of likely N-dealkylation sites (tertiary alicyclic amines) is 1. The van der Waals surface area contributed by atoms with Crippen molar-refractivity contribution in [2.75, 3.05) is 13.2 Å². The van der Waals surface area contributed by atoms with Gasteiger partial charge in [-0.05, 0) is 60.5 Å². The fourth-order valence-corrected chi connectivity index (χ4v) is 4.91. The zero-order valence-electron chi connectivity index (χ0n) is 16.3. The summed E-state index contributed by atoms with van der Waals surface area (Å²) in [5.41, 5.74) is 3.34. The van der Waals surface area contributed by atoms with E-state index in [1.165, 1.54) is 5.56 Å². The summed E-state index contributed by atoms with van der Waals surface area (Å²) in [7, 11) is 0. The smallest absolute Gasteiger partial charge is 0.224 e. The maximum atomic E-state index is 12.7. The number of carbonyl (C=O) groups excluding carboxylic acids is 1. The first-order valence-electron chi connectivity index (χ1n) is 10.2. The van der Waals surface area contributed by atoms with Crippen LogP contribution < -0.4 is 5.32 Å². The molecule has 1 aliphatic heterocycles. The molecule has 154 valence electrons. The molecule has 0 spiro atoms. The maximum absolute atomic E-state index is 12.7. The topological polar surface area (TPSA) is 52.6 Å². The van der Waals surface area contributed by atoms with Gasteiger partial charge in [-0.1, -0.05) is 53.5 Å². The average Bonchev–Trinajstić information content (AvgIpc) is 3.38. The second-order valence-corrected chi connectivity index (χ2v) is 8.89. The number of hydrogen-bond acceptors (Lipinski definition) is 3. The first kappa shape index (κ1) is 20.7.